The monoisotopic (exact) mass is 307 g/mol. The fraction of sp³-hybridized carbons (Fsp3) is 0.684. The minimum atomic E-state index is 0.413. The summed E-state index contributed by atoms with van der Waals surface area (Å²) in [5, 5.41) is 4.75. The summed E-state index contributed by atoms with van der Waals surface area (Å²) in [6, 6.07) is 9.37. The Hall–Kier alpha value is -0.530. The summed E-state index contributed by atoms with van der Waals surface area (Å²) in [4.78, 5) is 0. The standard InChI is InChI=1S/C19H30ClN/c1-13(2)18(15-6-8-16(20)9-7-15)21-17-10-11-19(4,5)12-14(17)3/h6-9,13-14,17-18,21H,10-12H2,1-5H3. The molecule has 0 amide bonds. The van der Waals surface area contributed by atoms with Crippen molar-refractivity contribution >= 4 is 11.6 Å². The minimum Gasteiger partial charge on any atom is -0.307 e. The third-order valence-corrected chi connectivity index (χ3v) is 5.23. The first-order valence-corrected chi connectivity index (χ1v) is 8.68. The molecule has 0 bridgehead atoms. The third kappa shape index (κ3) is 4.47. The Morgan fingerprint density at radius 1 is 1.19 bits per heavy atom. The van der Waals surface area contributed by atoms with Crippen LogP contribution in [0.15, 0.2) is 24.3 Å². The lowest BCUT2D eigenvalue weighted by Gasteiger charge is -2.42. The van der Waals surface area contributed by atoms with E-state index in [9.17, 15) is 0 Å². The molecule has 2 rings (SSSR count). The van der Waals surface area contributed by atoms with E-state index in [1.165, 1.54) is 24.8 Å². The van der Waals surface area contributed by atoms with E-state index in [-0.39, 0.29) is 0 Å². The Morgan fingerprint density at radius 3 is 2.33 bits per heavy atom. The summed E-state index contributed by atoms with van der Waals surface area (Å²) >= 11 is 6.02. The Bertz CT molecular complexity index is 449. The molecule has 0 radical (unpaired) electrons. The lowest BCUT2D eigenvalue weighted by Crippen LogP contribution is -2.44. The zero-order valence-electron chi connectivity index (χ0n) is 14.1. The molecule has 2 heteroatoms. The molecule has 1 aliphatic carbocycles. The van der Waals surface area contributed by atoms with E-state index in [4.69, 9.17) is 11.6 Å². The van der Waals surface area contributed by atoms with Crippen molar-refractivity contribution < 1.29 is 0 Å². The van der Waals surface area contributed by atoms with E-state index < -0.39 is 0 Å². The molecule has 1 aliphatic rings. The fourth-order valence-corrected chi connectivity index (χ4v) is 3.89. The predicted octanol–water partition coefficient (Wildman–Crippen LogP) is 5.84. The molecule has 0 heterocycles. The van der Waals surface area contributed by atoms with E-state index in [1.807, 2.05) is 12.1 Å². The van der Waals surface area contributed by atoms with Crippen molar-refractivity contribution in [2.75, 3.05) is 0 Å². The summed E-state index contributed by atoms with van der Waals surface area (Å²) in [7, 11) is 0. The summed E-state index contributed by atoms with van der Waals surface area (Å²) in [5.41, 5.74) is 1.86. The van der Waals surface area contributed by atoms with E-state index in [1.54, 1.807) is 0 Å². The van der Waals surface area contributed by atoms with Gasteiger partial charge in [-0.2, -0.15) is 0 Å². The highest BCUT2D eigenvalue weighted by atomic mass is 35.5. The second-order valence-corrected chi connectivity index (χ2v) is 8.37. The second kappa shape index (κ2) is 6.71. The molecular formula is C19H30ClN. The van der Waals surface area contributed by atoms with Crippen LogP contribution in [0.2, 0.25) is 5.02 Å². The van der Waals surface area contributed by atoms with Crippen LogP contribution in [0.4, 0.5) is 0 Å². The summed E-state index contributed by atoms with van der Waals surface area (Å²) in [6.07, 6.45) is 3.92. The molecule has 3 unspecified atom stereocenters. The Kier molecular flexibility index (Phi) is 5.38. The average molecular weight is 308 g/mol. The van der Waals surface area contributed by atoms with Gasteiger partial charge in [0.25, 0.3) is 0 Å². The maximum Gasteiger partial charge on any atom is 0.0406 e. The highest BCUT2D eigenvalue weighted by Gasteiger charge is 2.33. The van der Waals surface area contributed by atoms with Crippen molar-refractivity contribution in [3.05, 3.63) is 34.9 Å². The number of rotatable bonds is 4. The van der Waals surface area contributed by atoms with Crippen LogP contribution >= 0.6 is 11.6 Å². The number of benzene rings is 1. The predicted molar refractivity (Wildman–Crippen MR) is 92.8 cm³/mol. The minimum absolute atomic E-state index is 0.413. The highest BCUT2D eigenvalue weighted by Crippen LogP contribution is 2.39. The van der Waals surface area contributed by atoms with Crippen molar-refractivity contribution in [3.63, 3.8) is 0 Å². The van der Waals surface area contributed by atoms with Gasteiger partial charge in [0, 0.05) is 17.1 Å². The lowest BCUT2D eigenvalue weighted by atomic mass is 9.70. The first-order valence-electron chi connectivity index (χ1n) is 8.30. The second-order valence-electron chi connectivity index (χ2n) is 7.93. The van der Waals surface area contributed by atoms with Gasteiger partial charge in [0.2, 0.25) is 0 Å². The molecule has 1 aromatic carbocycles. The van der Waals surface area contributed by atoms with Crippen LogP contribution < -0.4 is 5.32 Å². The number of hydrogen-bond acceptors (Lipinski definition) is 1. The van der Waals surface area contributed by atoms with Gasteiger partial charge >= 0.3 is 0 Å². The third-order valence-electron chi connectivity index (χ3n) is 4.98. The van der Waals surface area contributed by atoms with Gasteiger partial charge in [0.05, 0.1) is 0 Å². The van der Waals surface area contributed by atoms with Crippen molar-refractivity contribution in [1.82, 2.24) is 5.32 Å². The molecule has 118 valence electrons. The first-order chi connectivity index (χ1) is 9.78. The smallest absolute Gasteiger partial charge is 0.0406 e. The molecule has 3 atom stereocenters. The quantitative estimate of drug-likeness (QED) is 0.736. The van der Waals surface area contributed by atoms with Crippen LogP contribution in [0.3, 0.4) is 0 Å². The zero-order valence-corrected chi connectivity index (χ0v) is 14.9. The molecule has 1 aromatic rings. The molecule has 0 spiro atoms. The van der Waals surface area contributed by atoms with Gasteiger partial charge in [0.1, 0.15) is 0 Å². The van der Waals surface area contributed by atoms with Gasteiger partial charge in [-0.25, -0.2) is 0 Å². The van der Waals surface area contributed by atoms with Crippen LogP contribution in [0.25, 0.3) is 0 Å². The number of halogens is 1. The maximum absolute atomic E-state index is 6.02. The van der Waals surface area contributed by atoms with Gasteiger partial charge in [-0.05, 0) is 54.2 Å². The average Bonchev–Trinajstić information content (AvgIpc) is 2.38. The fourth-order valence-electron chi connectivity index (χ4n) is 3.77. The summed E-state index contributed by atoms with van der Waals surface area (Å²) in [6.45, 7) is 11.8. The van der Waals surface area contributed by atoms with E-state index in [2.05, 4.69) is 52.1 Å². The molecule has 0 aliphatic heterocycles. The Morgan fingerprint density at radius 2 is 1.81 bits per heavy atom. The first kappa shape index (κ1) is 16.8. The molecule has 1 nitrogen and oxygen atoms in total. The van der Waals surface area contributed by atoms with Crippen LogP contribution in [-0.4, -0.2) is 6.04 Å². The lowest BCUT2D eigenvalue weighted by molar-refractivity contribution is 0.135. The molecule has 1 fully saturated rings. The molecule has 1 N–H and O–H groups in total. The van der Waals surface area contributed by atoms with Gasteiger partial charge in [0.15, 0.2) is 0 Å². The van der Waals surface area contributed by atoms with Crippen LogP contribution in [0.1, 0.15) is 65.5 Å². The molecular weight excluding hydrogens is 278 g/mol. The zero-order chi connectivity index (χ0) is 15.6. The SMILES string of the molecule is CC(C)C(NC1CCC(C)(C)CC1C)c1ccc(Cl)cc1. The van der Waals surface area contributed by atoms with Crippen molar-refractivity contribution in [2.24, 2.45) is 17.3 Å². The van der Waals surface area contributed by atoms with Gasteiger partial charge in [-0.15, -0.1) is 0 Å². The normalized spacial score (nSPS) is 26.8. The van der Waals surface area contributed by atoms with Gasteiger partial charge < -0.3 is 5.32 Å². The van der Waals surface area contributed by atoms with Crippen molar-refractivity contribution in [3.8, 4) is 0 Å². The van der Waals surface area contributed by atoms with Gasteiger partial charge in [-0.3, -0.25) is 0 Å². The van der Waals surface area contributed by atoms with Crippen LogP contribution in [0, 0.1) is 17.3 Å². The van der Waals surface area contributed by atoms with E-state index in [0.29, 0.717) is 23.4 Å². The van der Waals surface area contributed by atoms with Crippen molar-refractivity contribution in [2.45, 2.75) is 66.0 Å². The largest absolute Gasteiger partial charge is 0.307 e. The number of nitrogens with one attached hydrogen (secondary N) is 1. The summed E-state index contributed by atoms with van der Waals surface area (Å²) < 4.78 is 0. The summed E-state index contributed by atoms with van der Waals surface area (Å²) in [5.74, 6) is 1.32. The van der Waals surface area contributed by atoms with Crippen LogP contribution in [-0.2, 0) is 0 Å². The van der Waals surface area contributed by atoms with Gasteiger partial charge in [-0.1, -0.05) is 58.4 Å². The van der Waals surface area contributed by atoms with Crippen LogP contribution in [0.5, 0.6) is 0 Å². The molecule has 21 heavy (non-hydrogen) atoms. The van der Waals surface area contributed by atoms with E-state index in [0.717, 1.165) is 10.9 Å². The topological polar surface area (TPSA) is 12.0 Å². The maximum atomic E-state index is 6.02. The molecule has 0 saturated heterocycles. The molecule has 0 aromatic heterocycles. The Balaban J connectivity index is 2.08. The van der Waals surface area contributed by atoms with E-state index >= 15 is 0 Å². The Labute approximate surface area is 135 Å². The van der Waals surface area contributed by atoms with Crippen molar-refractivity contribution in [1.29, 1.82) is 0 Å². The molecule has 1 saturated carbocycles. The highest BCUT2D eigenvalue weighted by molar-refractivity contribution is 6.30. The number of hydrogen-bond donors (Lipinski definition) is 1.